The molecular weight excluding hydrogens is 1020 g/mol. The van der Waals surface area contributed by atoms with Crippen LogP contribution in [0.5, 0.6) is 0 Å². The number of aryl methyl sites for hydroxylation is 2. The summed E-state index contributed by atoms with van der Waals surface area (Å²) < 4.78 is 4.84. The Morgan fingerprint density at radius 1 is 0.345 bits per heavy atom. The second-order valence-corrected chi connectivity index (χ2v) is 24.5. The monoisotopic (exact) mass is 1090 g/mol. The first-order valence-corrected chi connectivity index (χ1v) is 29.9. The van der Waals surface area contributed by atoms with Crippen molar-refractivity contribution < 1.29 is 0 Å². The molecule has 0 saturated heterocycles. The molecule has 13 rings (SSSR count). The van der Waals surface area contributed by atoms with E-state index < -0.39 is 0 Å². The standard InChI is InChI=1S/C76H70N8/c1-9-11-26-49-42-54(46-56(44-49)75(3,4)5)72-78-71(79-73(80-72)55-43-50(27-12-10-2)45-57(47-55)76(6,7)8)53-38-40-65(62(48-53)74-81-69(51-28-16-13-17-29-51)77-70(82-74)52-30-18-14-19-31-52)84-64-37-25-23-35-61(64)67-66(84)41-39-60-59-34-22-24-36-63(59)83(68(60)67)58-32-20-15-21-33-58/h13-25,28-48H,9-12,26-27H2,1-8H3. The molecule has 0 N–H and O–H groups in total. The highest BCUT2D eigenvalue weighted by Crippen LogP contribution is 2.44. The molecule has 0 aliphatic carbocycles. The third kappa shape index (κ3) is 10.2. The molecule has 0 radical (unpaired) electrons. The summed E-state index contributed by atoms with van der Waals surface area (Å²) in [6.07, 6.45) is 6.35. The number of benzene rings is 9. The highest BCUT2D eigenvalue weighted by molar-refractivity contribution is 6.26. The number of hydrogen-bond acceptors (Lipinski definition) is 6. The van der Waals surface area contributed by atoms with Crippen LogP contribution in [0.15, 0.2) is 206 Å². The molecule has 8 heteroatoms. The molecule has 0 spiro atoms. The number of aromatic nitrogens is 8. The molecule has 0 atom stereocenters. The first kappa shape index (κ1) is 53.9. The van der Waals surface area contributed by atoms with Gasteiger partial charge in [-0.1, -0.05) is 202 Å². The van der Waals surface area contributed by atoms with Gasteiger partial charge in [-0.25, -0.2) is 29.9 Å². The Morgan fingerprint density at radius 3 is 1.32 bits per heavy atom. The van der Waals surface area contributed by atoms with Crippen LogP contribution in [0.2, 0.25) is 0 Å². The van der Waals surface area contributed by atoms with Gasteiger partial charge in [0.2, 0.25) is 0 Å². The molecule has 8 nitrogen and oxygen atoms in total. The summed E-state index contributed by atoms with van der Waals surface area (Å²) in [5, 5.41) is 4.68. The van der Waals surface area contributed by atoms with Crippen LogP contribution >= 0.6 is 0 Å². The minimum atomic E-state index is -0.103. The van der Waals surface area contributed by atoms with Crippen LogP contribution in [0.1, 0.15) is 103 Å². The SMILES string of the molecule is CCCCc1cc(-c2nc(-c3cc(CCCC)cc(C(C)(C)C)c3)nc(-c3ccc(-n4c5ccccc5c5c4ccc4c6ccccc6n(-c6ccccc6)c45)c(-c4nc(-c5ccccc5)nc(-c5ccccc5)n4)c3)n2)cc(C(C)(C)C)c1. The molecule has 0 amide bonds. The van der Waals surface area contributed by atoms with Crippen molar-refractivity contribution >= 4 is 43.6 Å². The van der Waals surface area contributed by atoms with Gasteiger partial charge in [-0.3, -0.25) is 0 Å². The summed E-state index contributed by atoms with van der Waals surface area (Å²) in [4.78, 5) is 32.7. The van der Waals surface area contributed by atoms with Gasteiger partial charge >= 0.3 is 0 Å². The summed E-state index contributed by atoms with van der Waals surface area (Å²) in [7, 11) is 0. The number of hydrogen-bond donors (Lipinski definition) is 0. The molecule has 4 aromatic heterocycles. The van der Waals surface area contributed by atoms with Gasteiger partial charge < -0.3 is 9.13 Å². The Labute approximate surface area is 493 Å². The van der Waals surface area contributed by atoms with Crippen molar-refractivity contribution in [1.82, 2.24) is 39.0 Å². The van der Waals surface area contributed by atoms with Gasteiger partial charge in [-0.2, -0.15) is 0 Å². The Hall–Kier alpha value is -9.40. The highest BCUT2D eigenvalue weighted by atomic mass is 15.1. The molecule has 0 aliphatic heterocycles. The molecule has 84 heavy (non-hydrogen) atoms. The smallest absolute Gasteiger partial charge is 0.166 e. The van der Waals surface area contributed by atoms with Crippen LogP contribution in [0.3, 0.4) is 0 Å². The van der Waals surface area contributed by atoms with E-state index in [1.165, 1.54) is 33.0 Å². The maximum Gasteiger partial charge on any atom is 0.166 e. The molecule has 0 bridgehead atoms. The zero-order chi connectivity index (χ0) is 57.7. The molecule has 9 aromatic carbocycles. The lowest BCUT2D eigenvalue weighted by molar-refractivity contribution is 0.589. The zero-order valence-electron chi connectivity index (χ0n) is 49.5. The average molecular weight is 1100 g/mol. The lowest BCUT2D eigenvalue weighted by atomic mass is 9.84. The van der Waals surface area contributed by atoms with Crippen LogP contribution < -0.4 is 0 Å². The average Bonchev–Trinajstić information content (AvgIpc) is 1.68. The minimum Gasteiger partial charge on any atom is -0.309 e. The van der Waals surface area contributed by atoms with E-state index in [1.54, 1.807) is 0 Å². The van der Waals surface area contributed by atoms with Crippen LogP contribution in [-0.4, -0.2) is 39.0 Å². The fourth-order valence-corrected chi connectivity index (χ4v) is 11.9. The van der Waals surface area contributed by atoms with E-state index in [0.717, 1.165) is 116 Å². The lowest BCUT2D eigenvalue weighted by Gasteiger charge is -2.22. The van der Waals surface area contributed by atoms with Crippen molar-refractivity contribution in [3.05, 3.63) is 229 Å². The van der Waals surface area contributed by atoms with E-state index in [2.05, 4.69) is 234 Å². The van der Waals surface area contributed by atoms with Crippen LogP contribution in [0.4, 0.5) is 0 Å². The van der Waals surface area contributed by atoms with Crippen LogP contribution in [-0.2, 0) is 23.7 Å². The Balaban J connectivity index is 1.12. The summed E-state index contributed by atoms with van der Waals surface area (Å²) in [6.45, 7) is 18.2. The minimum absolute atomic E-state index is 0.103. The molecule has 13 aromatic rings. The van der Waals surface area contributed by atoms with Gasteiger partial charge in [0.1, 0.15) is 0 Å². The Kier molecular flexibility index (Phi) is 14.2. The fourth-order valence-electron chi connectivity index (χ4n) is 11.9. The van der Waals surface area contributed by atoms with Crippen molar-refractivity contribution in [2.24, 2.45) is 0 Å². The van der Waals surface area contributed by atoms with Crippen molar-refractivity contribution in [3.8, 4) is 79.7 Å². The van der Waals surface area contributed by atoms with Crippen LogP contribution in [0.25, 0.3) is 123 Å². The van der Waals surface area contributed by atoms with E-state index in [1.807, 2.05) is 36.4 Å². The molecule has 0 aliphatic rings. The Bertz CT molecular complexity index is 4430. The summed E-state index contributed by atoms with van der Waals surface area (Å²) in [5.74, 6) is 3.51. The number of nitrogens with zero attached hydrogens (tertiary/aromatic N) is 8. The summed E-state index contributed by atoms with van der Waals surface area (Å²) >= 11 is 0. The van der Waals surface area contributed by atoms with E-state index >= 15 is 0 Å². The number of para-hydroxylation sites is 3. The fraction of sp³-hybridized carbons (Fsp3) is 0.211. The Morgan fingerprint density at radius 2 is 0.798 bits per heavy atom. The second kappa shape index (κ2) is 22.1. The van der Waals surface area contributed by atoms with E-state index in [9.17, 15) is 0 Å². The third-order valence-corrected chi connectivity index (χ3v) is 16.4. The predicted octanol–water partition coefficient (Wildman–Crippen LogP) is 19.5. The highest BCUT2D eigenvalue weighted by Gasteiger charge is 2.26. The van der Waals surface area contributed by atoms with Gasteiger partial charge in [0.25, 0.3) is 0 Å². The van der Waals surface area contributed by atoms with Gasteiger partial charge in [0.15, 0.2) is 34.9 Å². The number of unbranched alkanes of at least 4 members (excludes halogenated alkanes) is 2. The van der Waals surface area contributed by atoms with Crippen LogP contribution in [0, 0.1) is 0 Å². The maximum absolute atomic E-state index is 5.55. The third-order valence-electron chi connectivity index (χ3n) is 16.4. The quantitative estimate of drug-likeness (QED) is 0.108. The van der Waals surface area contributed by atoms with E-state index in [0.29, 0.717) is 34.9 Å². The first-order chi connectivity index (χ1) is 40.8. The number of fused-ring (bicyclic) bond motifs is 7. The summed E-state index contributed by atoms with van der Waals surface area (Å²) in [6, 6.07) is 73.8. The van der Waals surface area contributed by atoms with Crippen molar-refractivity contribution in [3.63, 3.8) is 0 Å². The molecule has 0 fully saturated rings. The molecule has 0 unspecified atom stereocenters. The van der Waals surface area contributed by atoms with Gasteiger partial charge in [-0.05, 0) is 132 Å². The van der Waals surface area contributed by atoms with Crippen molar-refractivity contribution in [2.75, 3.05) is 0 Å². The second-order valence-electron chi connectivity index (χ2n) is 24.5. The largest absolute Gasteiger partial charge is 0.309 e. The molecular formula is C76H70N8. The molecule has 414 valence electrons. The molecule has 4 heterocycles. The lowest BCUT2D eigenvalue weighted by Crippen LogP contribution is -2.13. The first-order valence-electron chi connectivity index (χ1n) is 29.9. The number of rotatable bonds is 14. The normalized spacial score (nSPS) is 12.1. The predicted molar refractivity (Wildman–Crippen MR) is 349 cm³/mol. The van der Waals surface area contributed by atoms with Gasteiger partial charge in [0, 0.05) is 60.6 Å². The van der Waals surface area contributed by atoms with Gasteiger partial charge in [0.05, 0.1) is 27.8 Å². The van der Waals surface area contributed by atoms with Crippen molar-refractivity contribution in [2.45, 2.75) is 105 Å². The topological polar surface area (TPSA) is 87.2 Å². The molecule has 0 saturated carbocycles. The van der Waals surface area contributed by atoms with Crippen molar-refractivity contribution in [1.29, 1.82) is 0 Å². The van der Waals surface area contributed by atoms with E-state index in [-0.39, 0.29) is 10.8 Å². The maximum atomic E-state index is 5.55. The van der Waals surface area contributed by atoms with Gasteiger partial charge in [-0.15, -0.1) is 0 Å². The summed E-state index contributed by atoms with van der Waals surface area (Å²) in [5.41, 5.74) is 16.7. The zero-order valence-corrected chi connectivity index (χ0v) is 49.5. The van der Waals surface area contributed by atoms with E-state index in [4.69, 9.17) is 29.9 Å².